The first-order valence-electron chi connectivity index (χ1n) is 10.2. The number of aromatic nitrogens is 1. The fourth-order valence-electron chi connectivity index (χ4n) is 4.09. The predicted octanol–water partition coefficient (Wildman–Crippen LogP) is 4.20. The van der Waals surface area contributed by atoms with Gasteiger partial charge in [0.1, 0.15) is 17.4 Å². The lowest BCUT2D eigenvalue weighted by Crippen LogP contribution is -2.33. The molecule has 0 fully saturated rings. The fourth-order valence-corrected chi connectivity index (χ4v) is 4.71. The Morgan fingerprint density at radius 3 is 2.55 bits per heavy atom. The highest BCUT2D eigenvalue weighted by Crippen LogP contribution is 2.45. The van der Waals surface area contributed by atoms with Crippen molar-refractivity contribution in [1.29, 1.82) is 5.26 Å². The van der Waals surface area contributed by atoms with Crippen LogP contribution in [0.5, 0.6) is 17.2 Å². The van der Waals surface area contributed by atoms with Crippen LogP contribution in [0.3, 0.4) is 0 Å². The van der Waals surface area contributed by atoms with Crippen molar-refractivity contribution < 1.29 is 14.2 Å². The Hall–Kier alpha value is -3.70. The van der Waals surface area contributed by atoms with Crippen LogP contribution in [0.25, 0.3) is 0 Å². The summed E-state index contributed by atoms with van der Waals surface area (Å²) in [6.45, 7) is 2.23. The van der Waals surface area contributed by atoms with Gasteiger partial charge in [0.15, 0.2) is 11.5 Å². The van der Waals surface area contributed by atoms with Gasteiger partial charge in [0.05, 0.1) is 36.7 Å². The quantitative estimate of drug-likeness (QED) is 0.555. The monoisotopic (exact) mass is 507 g/mol. The van der Waals surface area contributed by atoms with Crippen molar-refractivity contribution in [1.82, 2.24) is 4.57 Å². The van der Waals surface area contributed by atoms with Crippen molar-refractivity contribution in [2.45, 2.75) is 19.4 Å². The maximum atomic E-state index is 13.8. The number of fused-ring (bicyclic) bond motifs is 1. The number of allylic oxidation sites excluding steroid dienone is 1. The molecule has 0 radical (unpaired) electrons. The van der Waals surface area contributed by atoms with E-state index in [0.717, 1.165) is 11.3 Å². The number of methoxy groups -OCH3 is 2. The highest BCUT2D eigenvalue weighted by molar-refractivity contribution is 9.10. The van der Waals surface area contributed by atoms with Crippen molar-refractivity contribution in [2.75, 3.05) is 14.2 Å². The molecule has 0 spiro atoms. The van der Waals surface area contributed by atoms with Crippen LogP contribution < -0.4 is 25.5 Å². The van der Waals surface area contributed by atoms with Crippen molar-refractivity contribution in [3.63, 3.8) is 0 Å². The lowest BCUT2D eigenvalue weighted by molar-refractivity contribution is 0.352. The normalized spacial score (nSPS) is 14.8. The molecule has 1 atom stereocenters. The molecule has 1 aliphatic rings. The van der Waals surface area contributed by atoms with Gasteiger partial charge in [-0.25, -0.2) is 0 Å². The maximum absolute atomic E-state index is 13.8. The molecule has 1 aliphatic heterocycles. The molecule has 4 rings (SSSR count). The highest BCUT2D eigenvalue weighted by Gasteiger charge is 2.35. The van der Waals surface area contributed by atoms with Gasteiger partial charge in [0.2, 0.25) is 5.88 Å². The molecular formula is C25H22BrN3O4. The Morgan fingerprint density at radius 2 is 1.91 bits per heavy atom. The summed E-state index contributed by atoms with van der Waals surface area (Å²) in [5.41, 5.74) is 8.74. The predicted molar refractivity (Wildman–Crippen MR) is 128 cm³/mol. The maximum Gasteiger partial charge on any atom is 0.259 e. The van der Waals surface area contributed by atoms with Gasteiger partial charge in [-0.15, -0.1) is 0 Å². The molecule has 8 heteroatoms. The van der Waals surface area contributed by atoms with Crippen LogP contribution in [-0.2, 0) is 6.54 Å². The minimum absolute atomic E-state index is 0.0273. The molecule has 0 bridgehead atoms. The smallest absolute Gasteiger partial charge is 0.259 e. The molecule has 2 N–H and O–H groups in total. The van der Waals surface area contributed by atoms with Crippen LogP contribution in [0, 0.1) is 18.3 Å². The molecule has 7 nitrogen and oxygen atoms in total. The first-order chi connectivity index (χ1) is 15.9. The Morgan fingerprint density at radius 1 is 1.18 bits per heavy atom. The van der Waals surface area contributed by atoms with E-state index in [4.69, 9.17) is 19.9 Å². The zero-order valence-electron chi connectivity index (χ0n) is 18.4. The number of rotatable bonds is 5. The lowest BCUT2D eigenvalue weighted by atomic mass is 9.83. The molecule has 0 saturated carbocycles. The van der Waals surface area contributed by atoms with Crippen LogP contribution in [0.2, 0.25) is 0 Å². The summed E-state index contributed by atoms with van der Waals surface area (Å²) in [7, 11) is 3.06. The Bertz CT molecular complexity index is 1360. The molecule has 0 aliphatic carbocycles. The second-order valence-electron chi connectivity index (χ2n) is 7.60. The number of nitrogens with zero attached hydrogens (tertiary/aromatic N) is 2. The third kappa shape index (κ3) is 3.96. The van der Waals surface area contributed by atoms with Crippen LogP contribution >= 0.6 is 15.9 Å². The van der Waals surface area contributed by atoms with Crippen molar-refractivity contribution in [3.8, 4) is 23.3 Å². The summed E-state index contributed by atoms with van der Waals surface area (Å²) in [6, 6.07) is 17.2. The summed E-state index contributed by atoms with van der Waals surface area (Å²) in [4.78, 5) is 13.8. The van der Waals surface area contributed by atoms with Gasteiger partial charge >= 0.3 is 0 Å². The number of ether oxygens (including phenoxy) is 3. The van der Waals surface area contributed by atoms with Crippen molar-refractivity contribution >= 4 is 15.9 Å². The molecule has 1 unspecified atom stereocenters. The minimum atomic E-state index is -0.732. The zero-order valence-corrected chi connectivity index (χ0v) is 20.0. The largest absolute Gasteiger partial charge is 0.493 e. The molecule has 1 aromatic heterocycles. The first kappa shape index (κ1) is 22.5. The second kappa shape index (κ2) is 9.04. The van der Waals surface area contributed by atoms with E-state index >= 15 is 0 Å². The van der Waals surface area contributed by atoms with Crippen LogP contribution in [0.4, 0.5) is 0 Å². The van der Waals surface area contributed by atoms with E-state index in [2.05, 4.69) is 22.0 Å². The Balaban J connectivity index is 1.96. The summed E-state index contributed by atoms with van der Waals surface area (Å²) >= 11 is 3.50. The van der Waals surface area contributed by atoms with E-state index < -0.39 is 5.92 Å². The summed E-state index contributed by atoms with van der Waals surface area (Å²) in [5, 5.41) is 9.92. The average Bonchev–Trinajstić information content (AvgIpc) is 2.81. The number of nitrogens with two attached hydrogens (primary N) is 1. The van der Waals surface area contributed by atoms with E-state index in [1.54, 1.807) is 22.8 Å². The standard InChI is InChI=1S/C25H22BrN3O4/c1-14-9-19-22(25(30)29(14)13-15-7-5-4-6-8-15)21(17(12-27)24(28)33-19)16-10-18(26)23(32-3)20(11-16)31-2/h4-11,21H,13,28H2,1-3H3. The number of halogens is 1. The van der Waals surface area contributed by atoms with E-state index in [9.17, 15) is 10.1 Å². The SMILES string of the molecule is COc1cc(C2C(C#N)=C(N)Oc3cc(C)n(Cc4ccccc4)c(=O)c32)cc(Br)c1OC. The molecule has 168 valence electrons. The molecule has 33 heavy (non-hydrogen) atoms. The number of benzene rings is 2. The van der Waals surface area contributed by atoms with Crippen LogP contribution in [0.15, 0.2) is 69.3 Å². The van der Waals surface area contributed by atoms with Gasteiger partial charge < -0.3 is 24.5 Å². The number of hydrogen-bond donors (Lipinski definition) is 1. The molecule has 2 heterocycles. The summed E-state index contributed by atoms with van der Waals surface area (Å²) < 4.78 is 18.9. The van der Waals surface area contributed by atoms with Gasteiger partial charge in [-0.1, -0.05) is 30.3 Å². The average molecular weight is 508 g/mol. The molecule has 0 saturated heterocycles. The third-order valence-electron chi connectivity index (χ3n) is 5.66. The second-order valence-corrected chi connectivity index (χ2v) is 8.46. The number of hydrogen-bond acceptors (Lipinski definition) is 6. The van der Waals surface area contributed by atoms with Gasteiger partial charge in [0, 0.05) is 11.8 Å². The first-order valence-corrected chi connectivity index (χ1v) is 11.0. The Labute approximate surface area is 199 Å². The van der Waals surface area contributed by atoms with Gasteiger partial charge in [-0.3, -0.25) is 4.79 Å². The third-order valence-corrected chi connectivity index (χ3v) is 6.25. The van der Waals surface area contributed by atoms with Crippen molar-refractivity contribution in [2.24, 2.45) is 5.73 Å². The molecule has 2 aromatic carbocycles. The van der Waals surface area contributed by atoms with E-state index in [1.165, 1.54) is 14.2 Å². The van der Waals surface area contributed by atoms with E-state index in [-0.39, 0.29) is 17.0 Å². The van der Waals surface area contributed by atoms with Gasteiger partial charge in [-0.05, 0) is 46.1 Å². The Kier molecular flexibility index (Phi) is 6.16. The number of aryl methyl sites for hydroxylation is 1. The van der Waals surface area contributed by atoms with Gasteiger partial charge in [0.25, 0.3) is 5.56 Å². The number of nitriles is 1. The summed E-state index contributed by atoms with van der Waals surface area (Å²) in [5.74, 6) is 0.552. The topological polar surface area (TPSA) is 99.5 Å². The van der Waals surface area contributed by atoms with E-state index in [1.807, 2.05) is 37.3 Å². The van der Waals surface area contributed by atoms with Crippen LogP contribution in [0.1, 0.15) is 28.3 Å². The highest BCUT2D eigenvalue weighted by atomic mass is 79.9. The molecule has 0 amide bonds. The number of pyridine rings is 1. The lowest BCUT2D eigenvalue weighted by Gasteiger charge is -2.28. The van der Waals surface area contributed by atoms with Crippen LogP contribution in [-0.4, -0.2) is 18.8 Å². The molecular weight excluding hydrogens is 486 g/mol. The zero-order chi connectivity index (χ0) is 23.7. The fraction of sp³-hybridized carbons (Fsp3) is 0.200. The minimum Gasteiger partial charge on any atom is -0.493 e. The molecule has 3 aromatic rings. The van der Waals surface area contributed by atoms with Crippen molar-refractivity contribution in [3.05, 3.63) is 97.2 Å². The summed E-state index contributed by atoms with van der Waals surface area (Å²) in [6.07, 6.45) is 0. The van der Waals surface area contributed by atoms with Gasteiger partial charge in [-0.2, -0.15) is 5.26 Å². The van der Waals surface area contributed by atoms with E-state index in [0.29, 0.717) is 39.4 Å².